The number of esters is 4. The maximum absolute atomic E-state index is 13.1. The second-order valence-electron chi connectivity index (χ2n) is 30.2. The Morgan fingerprint density at radius 2 is 0.505 bits per heavy atom. The minimum Gasteiger partial charge on any atom is -0.462 e. The van der Waals surface area contributed by atoms with E-state index >= 15 is 0 Å². The van der Waals surface area contributed by atoms with Crippen LogP contribution in [-0.4, -0.2) is 96.7 Å². The molecule has 0 saturated heterocycles. The van der Waals surface area contributed by atoms with Gasteiger partial charge in [-0.25, -0.2) is 9.13 Å². The molecular weight excluding hydrogens is 1320 g/mol. The molecule has 0 spiro atoms. The van der Waals surface area contributed by atoms with E-state index in [-0.39, 0.29) is 25.7 Å². The van der Waals surface area contributed by atoms with Crippen LogP contribution < -0.4 is 0 Å². The molecule has 17 nitrogen and oxygen atoms in total. The van der Waals surface area contributed by atoms with Gasteiger partial charge < -0.3 is 33.8 Å². The molecule has 3 unspecified atom stereocenters. The Balaban J connectivity index is 5.17. The third-order valence-corrected chi connectivity index (χ3v) is 21.5. The van der Waals surface area contributed by atoms with Crippen LogP contribution in [-0.2, 0) is 65.4 Å². The highest BCUT2D eigenvalue weighted by Gasteiger charge is 2.30. The van der Waals surface area contributed by atoms with Crippen LogP contribution in [0.1, 0.15) is 433 Å². The Morgan fingerprint density at radius 3 is 0.752 bits per heavy atom. The second kappa shape index (κ2) is 73.6. The lowest BCUT2D eigenvalue weighted by molar-refractivity contribution is -0.161. The molecule has 0 heterocycles. The van der Waals surface area contributed by atoms with Crippen LogP contribution in [0.4, 0.5) is 0 Å². The predicted octanol–water partition coefficient (Wildman–Crippen LogP) is 24.7. The lowest BCUT2D eigenvalue weighted by Gasteiger charge is -2.21. The summed E-state index contributed by atoms with van der Waals surface area (Å²) >= 11 is 0. The molecule has 0 aromatic heterocycles. The molecule has 0 fully saturated rings. The van der Waals surface area contributed by atoms with Crippen molar-refractivity contribution in [2.75, 3.05) is 39.6 Å². The van der Waals surface area contributed by atoms with Gasteiger partial charge in [0.15, 0.2) is 12.2 Å². The van der Waals surface area contributed by atoms with Crippen LogP contribution in [0.25, 0.3) is 0 Å². The van der Waals surface area contributed by atoms with Crippen LogP contribution in [0.5, 0.6) is 0 Å². The van der Waals surface area contributed by atoms with Gasteiger partial charge in [-0.1, -0.05) is 382 Å². The number of unbranched alkanes of at least 4 members (excludes halogenated alkanes) is 50. The van der Waals surface area contributed by atoms with Crippen molar-refractivity contribution >= 4 is 39.5 Å². The molecule has 6 atom stereocenters. The van der Waals surface area contributed by atoms with Crippen LogP contribution in [0, 0.1) is 11.8 Å². The highest BCUT2D eigenvalue weighted by Crippen LogP contribution is 2.45. The average Bonchev–Trinajstić information content (AvgIpc) is 1.01. The van der Waals surface area contributed by atoms with E-state index in [4.69, 9.17) is 37.0 Å². The average molecular weight is 1480 g/mol. The Morgan fingerprint density at radius 1 is 0.287 bits per heavy atom. The Hall–Kier alpha value is -1.94. The quantitative estimate of drug-likeness (QED) is 0.0222. The van der Waals surface area contributed by atoms with Crippen molar-refractivity contribution in [3.8, 4) is 0 Å². The molecule has 0 saturated carbocycles. The molecule has 19 heteroatoms. The van der Waals surface area contributed by atoms with E-state index in [0.717, 1.165) is 115 Å². The lowest BCUT2D eigenvalue weighted by Crippen LogP contribution is -2.30. The van der Waals surface area contributed by atoms with Crippen molar-refractivity contribution < 1.29 is 80.2 Å². The first kappa shape index (κ1) is 99.1. The number of aliphatic hydroxyl groups is 1. The molecule has 3 N–H and O–H groups in total. The van der Waals surface area contributed by atoms with Gasteiger partial charge in [-0.2, -0.15) is 0 Å². The minimum absolute atomic E-state index is 0.108. The molecule has 600 valence electrons. The van der Waals surface area contributed by atoms with Crippen LogP contribution in [0.15, 0.2) is 0 Å². The van der Waals surface area contributed by atoms with Crippen LogP contribution >= 0.6 is 15.6 Å². The zero-order valence-corrected chi connectivity index (χ0v) is 68.0. The van der Waals surface area contributed by atoms with Gasteiger partial charge in [-0.3, -0.25) is 37.3 Å². The van der Waals surface area contributed by atoms with Crippen molar-refractivity contribution in [2.45, 2.75) is 452 Å². The molecule has 0 aliphatic rings. The van der Waals surface area contributed by atoms with Crippen molar-refractivity contribution in [1.82, 2.24) is 0 Å². The number of hydrogen-bond acceptors (Lipinski definition) is 15. The summed E-state index contributed by atoms with van der Waals surface area (Å²) in [5.74, 6) is -0.441. The van der Waals surface area contributed by atoms with E-state index in [1.54, 1.807) is 0 Å². The molecular formula is C82H160O17P2. The zero-order chi connectivity index (χ0) is 74.2. The summed E-state index contributed by atoms with van der Waals surface area (Å²) < 4.78 is 68.6. The Labute approximate surface area is 619 Å². The van der Waals surface area contributed by atoms with Gasteiger partial charge in [0, 0.05) is 25.7 Å². The summed E-state index contributed by atoms with van der Waals surface area (Å²) in [5.41, 5.74) is 0. The van der Waals surface area contributed by atoms with E-state index in [1.165, 1.54) is 238 Å². The summed E-state index contributed by atoms with van der Waals surface area (Å²) in [6, 6.07) is 0. The minimum atomic E-state index is -4.96. The first-order valence-electron chi connectivity index (χ1n) is 42.5. The smallest absolute Gasteiger partial charge is 0.462 e. The molecule has 0 aliphatic heterocycles. The monoisotopic (exact) mass is 1480 g/mol. The number of carbonyl (C=O) groups excluding carboxylic acids is 4. The maximum Gasteiger partial charge on any atom is 0.472 e. The maximum atomic E-state index is 13.1. The van der Waals surface area contributed by atoms with Crippen LogP contribution in [0.3, 0.4) is 0 Å². The summed E-state index contributed by atoms with van der Waals surface area (Å²) in [7, 11) is -9.91. The fourth-order valence-corrected chi connectivity index (χ4v) is 14.3. The van der Waals surface area contributed by atoms with Crippen molar-refractivity contribution in [3.63, 3.8) is 0 Å². The second-order valence-corrected chi connectivity index (χ2v) is 33.1. The topological polar surface area (TPSA) is 237 Å². The SMILES string of the molecule is CCCCCCCCCCCCCCCCCC(=O)O[C@H](COC(=O)CCCCCCCCC)COP(=O)(O)OC[C@H](O)COP(=O)(O)OC[C@@H](COC(=O)CCCCCCCCCCCCCCCCC(C)CC)OC(=O)CCCCCCCCCCCCCCCCCCCCC(C)C. The van der Waals surface area contributed by atoms with Gasteiger partial charge in [-0.05, 0) is 37.5 Å². The van der Waals surface area contributed by atoms with E-state index < -0.39 is 97.5 Å². The summed E-state index contributed by atoms with van der Waals surface area (Å²) in [4.78, 5) is 72.9. The number of aliphatic hydroxyl groups excluding tert-OH is 1. The number of phosphoric ester groups is 2. The third-order valence-electron chi connectivity index (χ3n) is 19.6. The number of phosphoric acid groups is 2. The molecule has 101 heavy (non-hydrogen) atoms. The summed E-state index contributed by atoms with van der Waals surface area (Å²) in [5, 5.41) is 10.6. The highest BCUT2D eigenvalue weighted by atomic mass is 31.2. The predicted molar refractivity (Wildman–Crippen MR) is 414 cm³/mol. The first-order valence-corrected chi connectivity index (χ1v) is 45.5. The number of ether oxygens (including phenoxy) is 4. The highest BCUT2D eigenvalue weighted by molar-refractivity contribution is 7.47. The fourth-order valence-electron chi connectivity index (χ4n) is 12.7. The molecule has 0 aliphatic carbocycles. The third kappa shape index (κ3) is 74.7. The number of rotatable bonds is 81. The summed E-state index contributed by atoms with van der Waals surface area (Å²) in [6.07, 6.45) is 63.9. The van der Waals surface area contributed by atoms with E-state index in [1.807, 2.05) is 0 Å². The molecule has 0 amide bonds. The molecule has 0 radical (unpaired) electrons. The number of carbonyl (C=O) groups is 4. The van der Waals surface area contributed by atoms with Gasteiger partial charge in [0.05, 0.1) is 26.4 Å². The fraction of sp³-hybridized carbons (Fsp3) is 0.951. The van der Waals surface area contributed by atoms with Crippen LogP contribution in [0.2, 0.25) is 0 Å². The molecule has 0 aromatic rings. The normalized spacial score (nSPS) is 14.2. The zero-order valence-electron chi connectivity index (χ0n) is 66.2. The van der Waals surface area contributed by atoms with Gasteiger partial charge in [0.1, 0.15) is 19.3 Å². The Bertz CT molecular complexity index is 1940. The van der Waals surface area contributed by atoms with Crippen molar-refractivity contribution in [3.05, 3.63) is 0 Å². The lowest BCUT2D eigenvalue weighted by atomic mass is 9.99. The standard InChI is InChI=1S/C82H160O17P2/c1-7-10-12-14-16-17-18-19-24-32-37-42-48-54-60-66-81(86)98-77(70-92-79(84)64-58-52-44-15-13-11-8-2)72-96-100(88,89)94-68-76(83)69-95-101(90,91)97-73-78(71-93-80(85)65-59-53-47-41-36-31-28-27-30-35-40-46-51-57-63-75(6)9-3)99-82(87)67-61-55-49-43-38-33-26-23-21-20-22-25-29-34-39-45-50-56-62-74(4)5/h74-78,83H,7-73H2,1-6H3,(H,88,89)(H,90,91)/t75?,76-,77+,78+/m0/s1. The molecule has 0 aromatic carbocycles. The van der Waals surface area contributed by atoms with E-state index in [0.29, 0.717) is 25.7 Å². The van der Waals surface area contributed by atoms with E-state index in [9.17, 15) is 43.2 Å². The van der Waals surface area contributed by atoms with Crippen molar-refractivity contribution in [2.24, 2.45) is 11.8 Å². The largest absolute Gasteiger partial charge is 0.472 e. The molecule has 0 rings (SSSR count). The number of hydrogen-bond donors (Lipinski definition) is 3. The first-order chi connectivity index (χ1) is 48.9. The van der Waals surface area contributed by atoms with Crippen molar-refractivity contribution in [1.29, 1.82) is 0 Å². The van der Waals surface area contributed by atoms with E-state index in [2.05, 4.69) is 41.5 Å². The van der Waals surface area contributed by atoms with Gasteiger partial charge >= 0.3 is 39.5 Å². The Kier molecular flexibility index (Phi) is 72.2. The van der Waals surface area contributed by atoms with Gasteiger partial charge in [0.25, 0.3) is 0 Å². The summed E-state index contributed by atoms with van der Waals surface area (Å²) in [6.45, 7) is 9.70. The molecule has 0 bridgehead atoms. The van der Waals surface area contributed by atoms with Gasteiger partial charge in [0.2, 0.25) is 0 Å². The van der Waals surface area contributed by atoms with Gasteiger partial charge in [-0.15, -0.1) is 0 Å².